The van der Waals surface area contributed by atoms with E-state index in [9.17, 15) is 0 Å². The van der Waals surface area contributed by atoms with Crippen molar-refractivity contribution in [3.05, 3.63) is 23.9 Å². The summed E-state index contributed by atoms with van der Waals surface area (Å²) >= 11 is 0. The van der Waals surface area contributed by atoms with Gasteiger partial charge in [0, 0.05) is 24.8 Å². The second kappa shape index (κ2) is 7.61. The summed E-state index contributed by atoms with van der Waals surface area (Å²) < 4.78 is 0. The summed E-state index contributed by atoms with van der Waals surface area (Å²) in [7, 11) is 0. The second-order valence-corrected chi connectivity index (χ2v) is 4.61. The highest BCUT2D eigenvalue weighted by Gasteiger charge is 2.12. The SMILES string of the molecule is CCC(CC)CN(CC)c1cc(C(N)=NO)ccn1. The van der Waals surface area contributed by atoms with Crippen molar-refractivity contribution in [2.24, 2.45) is 16.8 Å². The van der Waals surface area contributed by atoms with Crippen LogP contribution in [0.1, 0.15) is 39.2 Å². The fourth-order valence-corrected chi connectivity index (χ4v) is 2.05. The molecule has 0 radical (unpaired) electrons. The van der Waals surface area contributed by atoms with Crippen molar-refractivity contribution >= 4 is 11.7 Å². The van der Waals surface area contributed by atoms with Crippen LogP contribution in [0.2, 0.25) is 0 Å². The molecule has 3 N–H and O–H groups in total. The van der Waals surface area contributed by atoms with Crippen molar-refractivity contribution in [1.29, 1.82) is 0 Å². The number of rotatable bonds is 7. The van der Waals surface area contributed by atoms with Crippen molar-refractivity contribution in [2.45, 2.75) is 33.6 Å². The van der Waals surface area contributed by atoms with Crippen molar-refractivity contribution in [3.63, 3.8) is 0 Å². The summed E-state index contributed by atoms with van der Waals surface area (Å²) in [5.74, 6) is 1.65. The van der Waals surface area contributed by atoms with Gasteiger partial charge in [-0.25, -0.2) is 4.98 Å². The molecule has 5 nitrogen and oxygen atoms in total. The van der Waals surface area contributed by atoms with Gasteiger partial charge in [0.05, 0.1) is 0 Å². The van der Waals surface area contributed by atoms with E-state index in [1.807, 2.05) is 6.07 Å². The lowest BCUT2D eigenvalue weighted by molar-refractivity contribution is 0.318. The fourth-order valence-electron chi connectivity index (χ4n) is 2.05. The third-order valence-corrected chi connectivity index (χ3v) is 3.49. The maximum absolute atomic E-state index is 8.73. The highest BCUT2D eigenvalue weighted by Crippen LogP contribution is 2.17. The van der Waals surface area contributed by atoms with Gasteiger partial charge in [0.25, 0.3) is 0 Å². The van der Waals surface area contributed by atoms with E-state index in [1.54, 1.807) is 12.3 Å². The summed E-state index contributed by atoms with van der Waals surface area (Å²) in [6, 6.07) is 3.60. The van der Waals surface area contributed by atoms with Gasteiger partial charge in [0.1, 0.15) is 5.82 Å². The summed E-state index contributed by atoms with van der Waals surface area (Å²) in [6.45, 7) is 8.41. The Morgan fingerprint density at radius 2 is 2.11 bits per heavy atom. The third kappa shape index (κ3) is 4.12. The Morgan fingerprint density at radius 1 is 1.42 bits per heavy atom. The number of oxime groups is 1. The van der Waals surface area contributed by atoms with Crippen LogP contribution in [-0.4, -0.2) is 29.1 Å². The first-order chi connectivity index (χ1) is 9.15. The van der Waals surface area contributed by atoms with Crippen molar-refractivity contribution in [1.82, 2.24) is 4.98 Å². The number of nitrogens with zero attached hydrogens (tertiary/aromatic N) is 3. The molecule has 5 heteroatoms. The number of nitrogens with two attached hydrogens (primary N) is 1. The monoisotopic (exact) mass is 264 g/mol. The summed E-state index contributed by atoms with van der Waals surface area (Å²) in [6.07, 6.45) is 4.01. The van der Waals surface area contributed by atoms with Crippen LogP contribution in [0.15, 0.2) is 23.5 Å². The molecule has 0 aliphatic carbocycles. The molecule has 0 aliphatic rings. The Morgan fingerprint density at radius 3 is 2.63 bits per heavy atom. The molecule has 0 fully saturated rings. The van der Waals surface area contributed by atoms with Crippen LogP contribution in [0.5, 0.6) is 0 Å². The van der Waals surface area contributed by atoms with Gasteiger partial charge in [-0.2, -0.15) is 0 Å². The summed E-state index contributed by atoms with van der Waals surface area (Å²) in [4.78, 5) is 6.61. The molecule has 1 heterocycles. The van der Waals surface area contributed by atoms with Gasteiger partial charge in [-0.15, -0.1) is 0 Å². The average molecular weight is 264 g/mol. The molecule has 0 atom stereocenters. The third-order valence-electron chi connectivity index (χ3n) is 3.49. The number of aromatic nitrogens is 1. The lowest BCUT2D eigenvalue weighted by atomic mass is 10.0. The first-order valence-corrected chi connectivity index (χ1v) is 6.85. The number of pyridine rings is 1. The quantitative estimate of drug-likeness (QED) is 0.343. The van der Waals surface area contributed by atoms with Crippen LogP contribution in [0, 0.1) is 5.92 Å². The lowest BCUT2D eigenvalue weighted by Gasteiger charge is -2.26. The van der Waals surface area contributed by atoms with Crippen LogP contribution in [0.3, 0.4) is 0 Å². The highest BCUT2D eigenvalue weighted by molar-refractivity contribution is 5.97. The zero-order valence-corrected chi connectivity index (χ0v) is 12.0. The summed E-state index contributed by atoms with van der Waals surface area (Å²) in [5.41, 5.74) is 6.30. The van der Waals surface area contributed by atoms with Gasteiger partial charge < -0.3 is 15.8 Å². The molecule has 0 saturated heterocycles. The number of hydrogen-bond donors (Lipinski definition) is 2. The first-order valence-electron chi connectivity index (χ1n) is 6.85. The molecule has 1 aromatic heterocycles. The van der Waals surface area contributed by atoms with E-state index >= 15 is 0 Å². The maximum Gasteiger partial charge on any atom is 0.170 e. The molecule has 0 aliphatic heterocycles. The molecule has 0 unspecified atom stereocenters. The van der Waals surface area contributed by atoms with Gasteiger partial charge in [-0.1, -0.05) is 31.8 Å². The largest absolute Gasteiger partial charge is 0.409 e. The van der Waals surface area contributed by atoms with E-state index in [2.05, 4.69) is 35.8 Å². The van der Waals surface area contributed by atoms with E-state index in [-0.39, 0.29) is 5.84 Å². The van der Waals surface area contributed by atoms with E-state index in [1.165, 1.54) is 0 Å². The molecule has 0 amide bonds. The first kappa shape index (κ1) is 15.3. The smallest absolute Gasteiger partial charge is 0.170 e. The topological polar surface area (TPSA) is 74.7 Å². The molecule has 19 heavy (non-hydrogen) atoms. The van der Waals surface area contributed by atoms with E-state index in [0.29, 0.717) is 11.5 Å². The normalized spacial score (nSPS) is 11.9. The molecule has 1 rings (SSSR count). The molecular weight excluding hydrogens is 240 g/mol. The number of hydrogen-bond acceptors (Lipinski definition) is 4. The van der Waals surface area contributed by atoms with E-state index in [4.69, 9.17) is 10.9 Å². The van der Waals surface area contributed by atoms with E-state index < -0.39 is 0 Å². The molecule has 0 aromatic carbocycles. The van der Waals surface area contributed by atoms with Crippen molar-refractivity contribution in [2.75, 3.05) is 18.0 Å². The predicted molar refractivity (Wildman–Crippen MR) is 78.7 cm³/mol. The second-order valence-electron chi connectivity index (χ2n) is 4.61. The Kier molecular flexibility index (Phi) is 6.12. The van der Waals surface area contributed by atoms with Gasteiger partial charge in [0.15, 0.2) is 5.84 Å². The number of anilines is 1. The van der Waals surface area contributed by atoms with Crippen LogP contribution in [0.4, 0.5) is 5.82 Å². The Bertz CT molecular complexity index is 416. The predicted octanol–water partition coefficient (Wildman–Crippen LogP) is 2.44. The Hall–Kier alpha value is -1.78. The molecule has 0 saturated carbocycles. The van der Waals surface area contributed by atoms with Crippen molar-refractivity contribution in [3.8, 4) is 0 Å². The fraction of sp³-hybridized carbons (Fsp3) is 0.571. The van der Waals surface area contributed by atoms with Gasteiger partial charge in [-0.3, -0.25) is 0 Å². The highest BCUT2D eigenvalue weighted by atomic mass is 16.4. The van der Waals surface area contributed by atoms with Crippen LogP contribution < -0.4 is 10.6 Å². The zero-order valence-electron chi connectivity index (χ0n) is 12.0. The molecule has 0 bridgehead atoms. The van der Waals surface area contributed by atoms with Gasteiger partial charge >= 0.3 is 0 Å². The van der Waals surface area contributed by atoms with E-state index in [0.717, 1.165) is 31.7 Å². The minimum Gasteiger partial charge on any atom is -0.409 e. The minimum absolute atomic E-state index is 0.113. The zero-order chi connectivity index (χ0) is 14.3. The average Bonchev–Trinajstić information content (AvgIpc) is 2.48. The molecule has 0 spiro atoms. The van der Waals surface area contributed by atoms with Crippen molar-refractivity contribution < 1.29 is 5.21 Å². The molecular formula is C14H24N4O. The summed E-state index contributed by atoms with van der Waals surface area (Å²) in [5, 5.41) is 11.8. The molecule has 106 valence electrons. The van der Waals surface area contributed by atoms with Crippen LogP contribution >= 0.6 is 0 Å². The van der Waals surface area contributed by atoms with Crippen LogP contribution in [-0.2, 0) is 0 Å². The standard InChI is InChI=1S/C14H24N4O/c1-4-11(5-2)10-18(6-3)13-9-12(7-8-16-13)14(15)17-19/h7-9,11,19H,4-6,10H2,1-3H3,(H2,15,17). The lowest BCUT2D eigenvalue weighted by Crippen LogP contribution is -2.30. The van der Waals surface area contributed by atoms with Gasteiger partial charge in [-0.05, 0) is 25.0 Å². The van der Waals surface area contributed by atoms with Crippen LogP contribution in [0.25, 0.3) is 0 Å². The number of amidine groups is 1. The molecule has 1 aromatic rings. The Labute approximate surface area is 115 Å². The van der Waals surface area contributed by atoms with Gasteiger partial charge in [0.2, 0.25) is 0 Å². The Balaban J connectivity index is 2.92. The minimum atomic E-state index is 0.113. The maximum atomic E-state index is 8.73.